The molecule has 0 unspecified atom stereocenters. The van der Waals surface area contributed by atoms with E-state index in [1.807, 2.05) is 24.3 Å². The van der Waals surface area contributed by atoms with Crippen LogP contribution in [0, 0.1) is 0 Å². The zero-order valence-corrected chi connectivity index (χ0v) is 12.3. The fourth-order valence-corrected chi connectivity index (χ4v) is 2.68. The van der Waals surface area contributed by atoms with Gasteiger partial charge in [0.05, 0.1) is 0 Å². The molecule has 0 atom stereocenters. The second-order valence-corrected chi connectivity index (χ2v) is 5.39. The number of rotatable bonds is 3. The van der Waals surface area contributed by atoms with Crippen LogP contribution in [0.2, 0.25) is 5.02 Å². The van der Waals surface area contributed by atoms with Crippen molar-refractivity contribution in [2.75, 3.05) is 0 Å². The van der Waals surface area contributed by atoms with Crippen LogP contribution < -0.4 is 5.73 Å². The first-order chi connectivity index (χ1) is 10.3. The van der Waals surface area contributed by atoms with E-state index in [4.69, 9.17) is 17.3 Å². The molecule has 0 spiro atoms. The fourth-order valence-electron chi connectivity index (χ4n) is 2.49. The average Bonchev–Trinajstić information content (AvgIpc) is 2.56. The van der Waals surface area contributed by atoms with Crippen molar-refractivity contribution >= 4 is 11.6 Å². The molecule has 21 heavy (non-hydrogen) atoms. The summed E-state index contributed by atoms with van der Waals surface area (Å²) in [6.45, 7) is 0.482. The summed E-state index contributed by atoms with van der Waals surface area (Å²) < 4.78 is 0. The van der Waals surface area contributed by atoms with Gasteiger partial charge in [0.2, 0.25) is 0 Å². The lowest BCUT2D eigenvalue weighted by molar-refractivity contribution is 1.07. The quantitative estimate of drug-likeness (QED) is 0.711. The predicted molar refractivity (Wildman–Crippen MR) is 90.2 cm³/mol. The second kappa shape index (κ2) is 6.13. The van der Waals surface area contributed by atoms with E-state index in [0.29, 0.717) is 6.54 Å². The Kier molecular flexibility index (Phi) is 4.05. The minimum atomic E-state index is 0.482. The van der Waals surface area contributed by atoms with E-state index in [9.17, 15) is 0 Å². The molecule has 3 aromatic rings. The molecule has 0 aromatic heterocycles. The van der Waals surface area contributed by atoms with Crippen LogP contribution in [-0.2, 0) is 6.54 Å². The van der Waals surface area contributed by atoms with Gasteiger partial charge in [-0.25, -0.2) is 0 Å². The maximum Gasteiger partial charge on any atom is 0.0409 e. The van der Waals surface area contributed by atoms with Crippen molar-refractivity contribution in [3.8, 4) is 22.3 Å². The summed E-state index contributed by atoms with van der Waals surface area (Å²) >= 11 is 6.03. The lowest BCUT2D eigenvalue weighted by Gasteiger charge is -2.10. The maximum atomic E-state index is 6.03. The van der Waals surface area contributed by atoms with Gasteiger partial charge in [-0.05, 0) is 39.9 Å². The number of benzene rings is 3. The van der Waals surface area contributed by atoms with Crippen molar-refractivity contribution < 1.29 is 0 Å². The molecule has 1 nitrogen and oxygen atoms in total. The molecule has 0 aliphatic rings. The van der Waals surface area contributed by atoms with Crippen molar-refractivity contribution in [3.05, 3.63) is 83.4 Å². The molecule has 104 valence electrons. The summed E-state index contributed by atoms with van der Waals surface area (Å²) in [5.74, 6) is 0. The number of nitrogens with two attached hydrogens (primary N) is 1. The molecule has 0 heterocycles. The summed E-state index contributed by atoms with van der Waals surface area (Å²) in [7, 11) is 0. The van der Waals surface area contributed by atoms with E-state index in [0.717, 1.165) is 21.7 Å². The number of hydrogen-bond donors (Lipinski definition) is 1. The summed E-state index contributed by atoms with van der Waals surface area (Å²) in [6, 6.07) is 24.8. The Balaban J connectivity index is 1.98. The van der Waals surface area contributed by atoms with Crippen LogP contribution in [-0.4, -0.2) is 0 Å². The molecule has 2 N–H and O–H groups in total. The van der Waals surface area contributed by atoms with Gasteiger partial charge >= 0.3 is 0 Å². The van der Waals surface area contributed by atoms with Gasteiger partial charge < -0.3 is 5.73 Å². The minimum absolute atomic E-state index is 0.482. The van der Waals surface area contributed by atoms with Crippen LogP contribution in [0.5, 0.6) is 0 Å². The van der Waals surface area contributed by atoms with Crippen LogP contribution >= 0.6 is 11.6 Å². The maximum absolute atomic E-state index is 6.03. The Labute approximate surface area is 130 Å². The molecule has 0 bridgehead atoms. The summed E-state index contributed by atoms with van der Waals surface area (Å²) in [6.07, 6.45) is 0. The third kappa shape index (κ3) is 2.99. The highest BCUT2D eigenvalue weighted by molar-refractivity contribution is 6.30. The Bertz CT molecular complexity index is 733. The van der Waals surface area contributed by atoms with Crippen molar-refractivity contribution in [2.45, 2.75) is 6.54 Å². The molecule has 0 fully saturated rings. The van der Waals surface area contributed by atoms with E-state index in [-0.39, 0.29) is 0 Å². The first kappa shape index (κ1) is 13.9. The van der Waals surface area contributed by atoms with Crippen molar-refractivity contribution in [1.82, 2.24) is 0 Å². The van der Waals surface area contributed by atoms with Crippen LogP contribution in [0.3, 0.4) is 0 Å². The predicted octanol–water partition coefficient (Wildman–Crippen LogP) is 5.13. The lowest BCUT2D eigenvalue weighted by atomic mass is 9.97. The van der Waals surface area contributed by atoms with E-state index in [2.05, 4.69) is 48.5 Å². The molecule has 3 rings (SSSR count). The van der Waals surface area contributed by atoms with E-state index in [1.165, 1.54) is 11.1 Å². The van der Waals surface area contributed by atoms with Gasteiger partial charge in [-0.3, -0.25) is 0 Å². The highest BCUT2D eigenvalue weighted by atomic mass is 35.5. The zero-order chi connectivity index (χ0) is 14.7. The minimum Gasteiger partial charge on any atom is -0.326 e. The molecular formula is C19H16ClN. The van der Waals surface area contributed by atoms with Gasteiger partial charge in [0.15, 0.2) is 0 Å². The highest BCUT2D eigenvalue weighted by Crippen LogP contribution is 2.28. The molecule has 0 saturated carbocycles. The van der Waals surface area contributed by atoms with Gasteiger partial charge in [0.25, 0.3) is 0 Å². The summed E-state index contributed by atoms with van der Waals surface area (Å²) in [5.41, 5.74) is 11.6. The van der Waals surface area contributed by atoms with Crippen LogP contribution in [0.4, 0.5) is 0 Å². The monoisotopic (exact) mass is 293 g/mol. The average molecular weight is 294 g/mol. The number of hydrogen-bond acceptors (Lipinski definition) is 1. The summed E-state index contributed by atoms with van der Waals surface area (Å²) in [5, 5.41) is 0.722. The van der Waals surface area contributed by atoms with Crippen molar-refractivity contribution in [2.24, 2.45) is 5.73 Å². The molecule has 0 amide bonds. The Hall–Kier alpha value is -2.09. The smallest absolute Gasteiger partial charge is 0.0409 e. The molecule has 0 radical (unpaired) electrons. The standard InChI is InChI=1S/C19H16ClN/c20-18-10-11-19(17(12-18)13-21)16-8-6-15(7-9-16)14-4-2-1-3-5-14/h1-12H,13,21H2. The van der Waals surface area contributed by atoms with E-state index < -0.39 is 0 Å². The molecule has 3 aromatic carbocycles. The van der Waals surface area contributed by atoms with E-state index in [1.54, 1.807) is 0 Å². The Morgan fingerprint density at radius 1 is 0.714 bits per heavy atom. The third-order valence-electron chi connectivity index (χ3n) is 3.59. The fraction of sp³-hybridized carbons (Fsp3) is 0.0526. The molecule has 0 aliphatic carbocycles. The lowest BCUT2D eigenvalue weighted by Crippen LogP contribution is -1.98. The van der Waals surface area contributed by atoms with Gasteiger partial charge in [0, 0.05) is 11.6 Å². The van der Waals surface area contributed by atoms with E-state index >= 15 is 0 Å². The van der Waals surface area contributed by atoms with Crippen molar-refractivity contribution in [3.63, 3.8) is 0 Å². The first-order valence-electron chi connectivity index (χ1n) is 6.92. The third-order valence-corrected chi connectivity index (χ3v) is 3.83. The molecule has 0 saturated heterocycles. The van der Waals surface area contributed by atoms with Gasteiger partial charge in [0.1, 0.15) is 0 Å². The number of halogens is 1. The first-order valence-corrected chi connectivity index (χ1v) is 7.30. The van der Waals surface area contributed by atoms with Gasteiger partial charge in [-0.15, -0.1) is 0 Å². The second-order valence-electron chi connectivity index (χ2n) is 4.95. The van der Waals surface area contributed by atoms with Gasteiger partial charge in [-0.2, -0.15) is 0 Å². The Morgan fingerprint density at radius 2 is 1.33 bits per heavy atom. The Morgan fingerprint density at radius 3 is 2.00 bits per heavy atom. The normalized spacial score (nSPS) is 10.6. The SMILES string of the molecule is NCc1cc(Cl)ccc1-c1ccc(-c2ccccc2)cc1. The molecule has 0 aliphatic heterocycles. The zero-order valence-electron chi connectivity index (χ0n) is 11.6. The van der Waals surface area contributed by atoms with Crippen LogP contribution in [0.15, 0.2) is 72.8 Å². The largest absolute Gasteiger partial charge is 0.326 e. The van der Waals surface area contributed by atoms with Crippen molar-refractivity contribution in [1.29, 1.82) is 0 Å². The molecular weight excluding hydrogens is 278 g/mol. The van der Waals surface area contributed by atoms with Gasteiger partial charge in [-0.1, -0.05) is 72.3 Å². The van der Waals surface area contributed by atoms with Crippen LogP contribution in [0.25, 0.3) is 22.3 Å². The highest BCUT2D eigenvalue weighted by Gasteiger charge is 2.05. The van der Waals surface area contributed by atoms with Crippen LogP contribution in [0.1, 0.15) is 5.56 Å². The summed E-state index contributed by atoms with van der Waals surface area (Å²) in [4.78, 5) is 0. The topological polar surface area (TPSA) is 26.0 Å². The molecule has 2 heteroatoms.